The monoisotopic (exact) mass is 295 g/mol. The molecule has 0 N–H and O–H groups in total. The van der Waals surface area contributed by atoms with E-state index in [1.165, 1.54) is 12.8 Å². The Balaban J connectivity index is 1.74. The van der Waals surface area contributed by atoms with E-state index in [4.69, 9.17) is 4.98 Å². The predicted molar refractivity (Wildman–Crippen MR) is 87.1 cm³/mol. The van der Waals surface area contributed by atoms with Crippen molar-refractivity contribution in [3.8, 4) is 0 Å². The topological polar surface area (TPSA) is 36.4 Å². The van der Waals surface area contributed by atoms with Crippen LogP contribution < -0.4 is 0 Å². The number of carbonyl (C=O) groups excluding carboxylic acids is 1. The van der Waals surface area contributed by atoms with E-state index in [9.17, 15) is 4.79 Å². The number of carbonyl (C=O) groups is 1. The molecule has 0 bridgehead atoms. The summed E-state index contributed by atoms with van der Waals surface area (Å²) in [5.41, 5.74) is 2.87. The quantitative estimate of drug-likeness (QED) is 0.854. The molecule has 0 spiro atoms. The van der Waals surface area contributed by atoms with Gasteiger partial charge in [-0.05, 0) is 32.0 Å². The normalized spacial score (nSPS) is 19.6. The molecule has 1 aliphatic carbocycles. The summed E-state index contributed by atoms with van der Waals surface area (Å²) in [5, 5.41) is 0.982. The number of hydrogen-bond acceptors (Lipinski definition) is 3. The molecular weight excluding hydrogens is 274 g/mol. The summed E-state index contributed by atoms with van der Waals surface area (Å²) in [6.07, 6.45) is 2.40. The van der Waals surface area contributed by atoms with Crippen LogP contribution in [0.2, 0.25) is 0 Å². The van der Waals surface area contributed by atoms with Crippen molar-refractivity contribution in [2.45, 2.75) is 18.8 Å². The van der Waals surface area contributed by atoms with Gasteiger partial charge in [-0.25, -0.2) is 0 Å². The molecule has 1 saturated heterocycles. The zero-order valence-electron chi connectivity index (χ0n) is 13.0. The highest BCUT2D eigenvalue weighted by Crippen LogP contribution is 2.40. The van der Waals surface area contributed by atoms with Gasteiger partial charge in [0.05, 0.1) is 11.1 Å². The fourth-order valence-corrected chi connectivity index (χ4v) is 3.14. The molecule has 2 fully saturated rings. The Kier molecular flexibility index (Phi) is 3.34. The molecule has 1 amide bonds. The second-order valence-corrected chi connectivity index (χ2v) is 6.48. The minimum absolute atomic E-state index is 0.161. The molecule has 2 aliphatic rings. The number of nitrogens with zero attached hydrogens (tertiary/aromatic N) is 3. The van der Waals surface area contributed by atoms with E-state index in [1.807, 2.05) is 35.2 Å². The third kappa shape index (κ3) is 2.48. The van der Waals surface area contributed by atoms with Crippen molar-refractivity contribution in [2.24, 2.45) is 0 Å². The van der Waals surface area contributed by atoms with Gasteiger partial charge in [-0.2, -0.15) is 0 Å². The Morgan fingerprint density at radius 2 is 1.86 bits per heavy atom. The Labute approximate surface area is 130 Å². The van der Waals surface area contributed by atoms with Gasteiger partial charge >= 0.3 is 0 Å². The van der Waals surface area contributed by atoms with E-state index in [1.54, 1.807) is 0 Å². The minimum Gasteiger partial charge on any atom is -0.336 e. The van der Waals surface area contributed by atoms with E-state index in [2.05, 4.69) is 11.9 Å². The summed E-state index contributed by atoms with van der Waals surface area (Å²) in [5.74, 6) is 0.720. The van der Waals surface area contributed by atoms with Gasteiger partial charge in [0.1, 0.15) is 0 Å². The van der Waals surface area contributed by atoms with Gasteiger partial charge < -0.3 is 9.80 Å². The van der Waals surface area contributed by atoms with Crippen molar-refractivity contribution in [3.63, 3.8) is 0 Å². The number of piperazine rings is 1. The summed E-state index contributed by atoms with van der Waals surface area (Å²) in [6, 6.07) is 10.1. The molecule has 1 aromatic carbocycles. The van der Waals surface area contributed by atoms with Gasteiger partial charge in [0.25, 0.3) is 5.91 Å². The van der Waals surface area contributed by atoms with Crippen LogP contribution >= 0.6 is 0 Å². The smallest absolute Gasteiger partial charge is 0.254 e. The van der Waals surface area contributed by atoms with Crippen LogP contribution in [0.3, 0.4) is 0 Å². The number of likely N-dealkylation sites (N-methyl/N-ethyl adjacent to an activating group) is 1. The first-order valence-corrected chi connectivity index (χ1v) is 8.10. The van der Waals surface area contributed by atoms with Crippen molar-refractivity contribution >= 4 is 16.8 Å². The van der Waals surface area contributed by atoms with Crippen molar-refractivity contribution in [3.05, 3.63) is 41.6 Å². The largest absolute Gasteiger partial charge is 0.336 e. The molecule has 0 atom stereocenters. The third-order valence-electron chi connectivity index (χ3n) is 4.75. The van der Waals surface area contributed by atoms with Gasteiger partial charge in [-0.3, -0.25) is 9.78 Å². The van der Waals surface area contributed by atoms with Gasteiger partial charge in [-0.1, -0.05) is 18.2 Å². The molecule has 2 heterocycles. The van der Waals surface area contributed by atoms with E-state index in [0.717, 1.165) is 48.3 Å². The maximum absolute atomic E-state index is 13.0. The van der Waals surface area contributed by atoms with E-state index >= 15 is 0 Å². The summed E-state index contributed by atoms with van der Waals surface area (Å²) in [4.78, 5) is 22.0. The van der Waals surface area contributed by atoms with Crippen LogP contribution in [0.5, 0.6) is 0 Å². The second kappa shape index (κ2) is 5.36. The highest BCUT2D eigenvalue weighted by atomic mass is 16.2. The molecule has 4 heteroatoms. The van der Waals surface area contributed by atoms with Crippen molar-refractivity contribution in [2.75, 3.05) is 33.2 Å². The number of aromatic nitrogens is 1. The Bertz CT molecular complexity index is 715. The van der Waals surface area contributed by atoms with Crippen LogP contribution in [0.25, 0.3) is 10.9 Å². The molecular formula is C18H21N3O. The zero-order valence-corrected chi connectivity index (χ0v) is 13.0. The highest BCUT2D eigenvalue weighted by Gasteiger charge is 2.28. The molecule has 22 heavy (non-hydrogen) atoms. The molecule has 1 saturated carbocycles. The maximum Gasteiger partial charge on any atom is 0.254 e. The predicted octanol–water partition coefficient (Wildman–Crippen LogP) is 2.50. The lowest BCUT2D eigenvalue weighted by molar-refractivity contribution is 0.0666. The Hall–Kier alpha value is -1.94. The van der Waals surface area contributed by atoms with E-state index in [0.29, 0.717) is 5.92 Å². The fourth-order valence-electron chi connectivity index (χ4n) is 3.14. The lowest BCUT2D eigenvalue weighted by Crippen LogP contribution is -2.47. The number of pyridine rings is 1. The second-order valence-electron chi connectivity index (χ2n) is 6.48. The Morgan fingerprint density at radius 3 is 2.59 bits per heavy atom. The summed E-state index contributed by atoms with van der Waals surface area (Å²) in [6.45, 7) is 3.52. The van der Waals surface area contributed by atoms with Gasteiger partial charge in [0.2, 0.25) is 0 Å². The average molecular weight is 295 g/mol. The van der Waals surface area contributed by atoms with Crippen LogP contribution in [0.15, 0.2) is 30.3 Å². The molecule has 2 aromatic rings. The summed E-state index contributed by atoms with van der Waals surface area (Å²) >= 11 is 0. The lowest BCUT2D eigenvalue weighted by atomic mass is 10.0. The number of rotatable bonds is 2. The summed E-state index contributed by atoms with van der Waals surface area (Å²) < 4.78 is 0. The molecule has 0 unspecified atom stereocenters. The van der Waals surface area contributed by atoms with E-state index < -0.39 is 0 Å². The Morgan fingerprint density at radius 1 is 1.14 bits per heavy atom. The zero-order chi connectivity index (χ0) is 15.1. The van der Waals surface area contributed by atoms with Crippen LogP contribution in [-0.4, -0.2) is 53.9 Å². The molecule has 4 rings (SSSR count). The minimum atomic E-state index is 0.161. The van der Waals surface area contributed by atoms with Gasteiger partial charge in [0.15, 0.2) is 0 Å². The molecule has 114 valence electrons. The first-order chi connectivity index (χ1) is 10.7. The number of para-hydroxylation sites is 1. The molecule has 1 aliphatic heterocycles. The SMILES string of the molecule is CN1CCN(C(=O)c2cc(C3CC3)nc3ccccc23)CC1. The van der Waals surface area contributed by atoms with E-state index in [-0.39, 0.29) is 5.91 Å². The molecule has 1 aromatic heterocycles. The molecule has 4 nitrogen and oxygen atoms in total. The van der Waals surface area contributed by atoms with Gasteiger partial charge in [-0.15, -0.1) is 0 Å². The van der Waals surface area contributed by atoms with Crippen LogP contribution in [0.4, 0.5) is 0 Å². The lowest BCUT2D eigenvalue weighted by Gasteiger charge is -2.32. The third-order valence-corrected chi connectivity index (χ3v) is 4.75. The number of benzene rings is 1. The number of hydrogen-bond donors (Lipinski definition) is 0. The van der Waals surface area contributed by atoms with Gasteiger partial charge in [0, 0.05) is 43.2 Å². The first-order valence-electron chi connectivity index (χ1n) is 8.10. The first kappa shape index (κ1) is 13.7. The fraction of sp³-hybridized carbons (Fsp3) is 0.444. The average Bonchev–Trinajstić information content (AvgIpc) is 3.39. The molecule has 0 radical (unpaired) electrons. The number of fused-ring (bicyclic) bond motifs is 1. The highest BCUT2D eigenvalue weighted by molar-refractivity contribution is 6.06. The van der Waals surface area contributed by atoms with Crippen molar-refractivity contribution in [1.29, 1.82) is 0 Å². The van der Waals surface area contributed by atoms with Crippen LogP contribution in [0, 0.1) is 0 Å². The van der Waals surface area contributed by atoms with Crippen LogP contribution in [-0.2, 0) is 0 Å². The van der Waals surface area contributed by atoms with Crippen molar-refractivity contribution < 1.29 is 4.79 Å². The van der Waals surface area contributed by atoms with Crippen LogP contribution in [0.1, 0.15) is 34.8 Å². The number of amides is 1. The van der Waals surface area contributed by atoms with Crippen molar-refractivity contribution in [1.82, 2.24) is 14.8 Å². The maximum atomic E-state index is 13.0. The summed E-state index contributed by atoms with van der Waals surface area (Å²) in [7, 11) is 2.11. The standard InChI is InChI=1S/C18H21N3O/c1-20-8-10-21(11-9-20)18(22)15-12-17(13-6-7-13)19-16-5-3-2-4-14(15)16/h2-5,12-13H,6-11H2,1H3.